The molecule has 7 heteroatoms. The summed E-state index contributed by atoms with van der Waals surface area (Å²) >= 11 is 0. The second-order valence-electron chi connectivity index (χ2n) is 3.00. The first-order chi connectivity index (χ1) is 6.47. The number of hydrogen-bond donors (Lipinski definition) is 0. The van der Waals surface area contributed by atoms with Gasteiger partial charge >= 0.3 is 10.2 Å². The molecule has 0 aliphatic carbocycles. The van der Waals surface area contributed by atoms with E-state index in [1.54, 1.807) is 0 Å². The summed E-state index contributed by atoms with van der Waals surface area (Å²) < 4.78 is 42.3. The molecule has 1 aliphatic heterocycles. The van der Waals surface area contributed by atoms with E-state index in [-0.39, 0.29) is 13.2 Å². The van der Waals surface area contributed by atoms with Crippen LogP contribution in [0, 0.1) is 11.3 Å². The van der Waals surface area contributed by atoms with E-state index in [0.29, 0.717) is 13.0 Å². The first-order valence-electron chi connectivity index (χ1n) is 4.03. The standard InChI is InChI=1S/C7H10FNO4S/c8-14(10,11)4-3-13-7(5-9)1-2-12-6-7/h1-4,6H2. The Balaban J connectivity index is 2.40. The second kappa shape index (κ2) is 4.21. The van der Waals surface area contributed by atoms with Gasteiger partial charge in [-0.2, -0.15) is 13.7 Å². The molecule has 1 aliphatic rings. The molecule has 1 unspecified atom stereocenters. The van der Waals surface area contributed by atoms with Crippen LogP contribution in [0.25, 0.3) is 0 Å². The van der Waals surface area contributed by atoms with Crippen molar-refractivity contribution in [2.75, 3.05) is 25.6 Å². The van der Waals surface area contributed by atoms with Gasteiger partial charge in [-0.15, -0.1) is 3.89 Å². The second-order valence-corrected chi connectivity index (χ2v) is 4.49. The Morgan fingerprint density at radius 3 is 2.79 bits per heavy atom. The number of ether oxygens (including phenoxy) is 2. The van der Waals surface area contributed by atoms with E-state index >= 15 is 0 Å². The molecular weight excluding hydrogens is 213 g/mol. The summed E-state index contributed by atoms with van der Waals surface area (Å²) in [5.41, 5.74) is -1.09. The van der Waals surface area contributed by atoms with Crippen molar-refractivity contribution in [3.63, 3.8) is 0 Å². The lowest BCUT2D eigenvalue weighted by molar-refractivity contribution is -0.000652. The molecule has 1 fully saturated rings. The minimum atomic E-state index is -4.53. The molecule has 1 saturated heterocycles. The molecule has 0 aromatic rings. The van der Waals surface area contributed by atoms with E-state index in [1.807, 2.05) is 6.07 Å². The van der Waals surface area contributed by atoms with Crippen molar-refractivity contribution in [3.8, 4) is 6.07 Å². The van der Waals surface area contributed by atoms with Crippen LogP contribution in [0.3, 0.4) is 0 Å². The molecule has 0 radical (unpaired) electrons. The average Bonchev–Trinajstić information content (AvgIpc) is 2.52. The van der Waals surface area contributed by atoms with Crippen LogP contribution >= 0.6 is 0 Å². The van der Waals surface area contributed by atoms with Gasteiger partial charge in [0.15, 0.2) is 5.60 Å². The maximum atomic E-state index is 12.1. The van der Waals surface area contributed by atoms with Crippen LogP contribution in [0.15, 0.2) is 0 Å². The highest BCUT2D eigenvalue weighted by atomic mass is 32.3. The van der Waals surface area contributed by atoms with E-state index in [0.717, 1.165) is 0 Å². The van der Waals surface area contributed by atoms with Crippen molar-refractivity contribution >= 4 is 10.2 Å². The summed E-state index contributed by atoms with van der Waals surface area (Å²) in [5, 5.41) is 8.75. The van der Waals surface area contributed by atoms with Crippen LogP contribution in [-0.4, -0.2) is 39.6 Å². The van der Waals surface area contributed by atoms with Crippen LogP contribution in [0.2, 0.25) is 0 Å². The number of halogens is 1. The van der Waals surface area contributed by atoms with Gasteiger partial charge in [0.1, 0.15) is 11.8 Å². The van der Waals surface area contributed by atoms with Crippen LogP contribution in [0.1, 0.15) is 6.42 Å². The number of nitrogens with zero attached hydrogens (tertiary/aromatic N) is 1. The number of rotatable bonds is 4. The van der Waals surface area contributed by atoms with Gasteiger partial charge in [-0.25, -0.2) is 0 Å². The Morgan fingerprint density at radius 1 is 1.64 bits per heavy atom. The molecule has 0 bridgehead atoms. The number of nitriles is 1. The van der Waals surface area contributed by atoms with Gasteiger partial charge in [-0.05, 0) is 0 Å². The molecule has 0 spiro atoms. The smallest absolute Gasteiger partial charge is 0.304 e. The Morgan fingerprint density at radius 2 is 2.36 bits per heavy atom. The molecular formula is C7H10FNO4S. The molecule has 0 N–H and O–H groups in total. The maximum Gasteiger partial charge on any atom is 0.304 e. The zero-order valence-electron chi connectivity index (χ0n) is 7.40. The largest absolute Gasteiger partial charge is 0.377 e. The molecule has 0 amide bonds. The minimum absolute atomic E-state index is 0.107. The quantitative estimate of drug-likeness (QED) is 0.626. The predicted octanol–water partition coefficient (Wildman–Crippen LogP) is -0.0150. The molecule has 14 heavy (non-hydrogen) atoms. The average molecular weight is 223 g/mol. The fourth-order valence-corrected chi connectivity index (χ4v) is 1.40. The highest BCUT2D eigenvalue weighted by molar-refractivity contribution is 7.86. The Kier molecular flexibility index (Phi) is 3.42. The third kappa shape index (κ3) is 3.21. The zero-order valence-corrected chi connectivity index (χ0v) is 8.22. The Hall–Kier alpha value is -0.710. The molecule has 1 rings (SSSR count). The fourth-order valence-electron chi connectivity index (χ4n) is 1.12. The Labute approximate surface area is 81.6 Å². The van der Waals surface area contributed by atoms with E-state index in [9.17, 15) is 12.3 Å². The number of hydrogen-bond acceptors (Lipinski definition) is 5. The van der Waals surface area contributed by atoms with Crippen LogP contribution < -0.4 is 0 Å². The molecule has 0 aromatic carbocycles. The monoisotopic (exact) mass is 223 g/mol. The van der Waals surface area contributed by atoms with Gasteiger partial charge in [0.25, 0.3) is 0 Å². The first-order valence-corrected chi connectivity index (χ1v) is 5.58. The van der Waals surface area contributed by atoms with Crippen molar-refractivity contribution in [1.29, 1.82) is 5.26 Å². The lowest BCUT2D eigenvalue weighted by Crippen LogP contribution is -2.32. The van der Waals surface area contributed by atoms with E-state index in [4.69, 9.17) is 14.7 Å². The van der Waals surface area contributed by atoms with Gasteiger partial charge in [0, 0.05) is 6.42 Å². The Bertz CT molecular complexity index is 328. The van der Waals surface area contributed by atoms with Crippen LogP contribution in [-0.2, 0) is 19.7 Å². The summed E-state index contributed by atoms with van der Waals surface area (Å²) in [6.45, 7) is 0.182. The van der Waals surface area contributed by atoms with Crippen molar-refractivity contribution in [1.82, 2.24) is 0 Å². The molecule has 0 saturated carbocycles. The van der Waals surface area contributed by atoms with Crippen molar-refractivity contribution in [2.45, 2.75) is 12.0 Å². The topological polar surface area (TPSA) is 76.4 Å². The lowest BCUT2D eigenvalue weighted by Gasteiger charge is -2.18. The normalized spacial score (nSPS) is 27.4. The molecule has 80 valence electrons. The third-order valence-electron chi connectivity index (χ3n) is 1.89. The van der Waals surface area contributed by atoms with Gasteiger partial charge < -0.3 is 9.47 Å². The molecule has 5 nitrogen and oxygen atoms in total. The van der Waals surface area contributed by atoms with E-state index in [1.165, 1.54) is 0 Å². The summed E-state index contributed by atoms with van der Waals surface area (Å²) in [4.78, 5) is 0. The first kappa shape index (κ1) is 11.4. The molecule has 1 heterocycles. The zero-order chi connectivity index (χ0) is 10.7. The summed E-state index contributed by atoms with van der Waals surface area (Å²) in [5.74, 6) is -0.726. The van der Waals surface area contributed by atoms with Crippen LogP contribution in [0.5, 0.6) is 0 Å². The molecule has 0 aromatic heterocycles. The van der Waals surface area contributed by atoms with E-state index < -0.39 is 21.6 Å². The molecule has 1 atom stereocenters. The van der Waals surface area contributed by atoms with Crippen molar-refractivity contribution < 1.29 is 21.8 Å². The van der Waals surface area contributed by atoms with Gasteiger partial charge in [-0.3, -0.25) is 0 Å². The van der Waals surface area contributed by atoms with Crippen LogP contribution in [0.4, 0.5) is 3.89 Å². The van der Waals surface area contributed by atoms with Gasteiger partial charge in [0.2, 0.25) is 0 Å². The summed E-state index contributed by atoms with van der Waals surface area (Å²) in [6.07, 6.45) is 0.385. The fraction of sp³-hybridized carbons (Fsp3) is 0.857. The van der Waals surface area contributed by atoms with Crippen molar-refractivity contribution in [3.05, 3.63) is 0 Å². The highest BCUT2D eigenvalue weighted by Gasteiger charge is 2.36. The van der Waals surface area contributed by atoms with Gasteiger partial charge in [0.05, 0.1) is 19.8 Å². The summed E-state index contributed by atoms with van der Waals surface area (Å²) in [7, 11) is -4.53. The van der Waals surface area contributed by atoms with Gasteiger partial charge in [-0.1, -0.05) is 0 Å². The minimum Gasteiger partial charge on any atom is -0.377 e. The van der Waals surface area contributed by atoms with E-state index in [2.05, 4.69) is 0 Å². The predicted molar refractivity (Wildman–Crippen MR) is 44.6 cm³/mol. The summed E-state index contributed by atoms with van der Waals surface area (Å²) in [6, 6.07) is 1.90. The highest BCUT2D eigenvalue weighted by Crippen LogP contribution is 2.22. The third-order valence-corrected chi connectivity index (χ3v) is 2.55. The maximum absolute atomic E-state index is 12.1. The SMILES string of the molecule is N#CC1(OCCS(=O)(=O)F)CCOC1. The lowest BCUT2D eigenvalue weighted by atomic mass is 10.1. The van der Waals surface area contributed by atoms with Crippen molar-refractivity contribution in [2.24, 2.45) is 0 Å².